The topological polar surface area (TPSA) is 45.0 Å². The van der Waals surface area contributed by atoms with Crippen LogP contribution in [0.15, 0.2) is 64.6 Å². The van der Waals surface area contributed by atoms with Crippen molar-refractivity contribution in [3.63, 3.8) is 0 Å². The summed E-state index contributed by atoms with van der Waals surface area (Å²) in [5, 5.41) is 10.9. The summed E-state index contributed by atoms with van der Waals surface area (Å²) in [6.45, 7) is 6.24. The molecule has 4 nitrogen and oxygen atoms in total. The molecule has 25 heavy (non-hydrogen) atoms. The van der Waals surface area contributed by atoms with E-state index in [9.17, 15) is 4.79 Å². The molecule has 1 aromatic heterocycles. The summed E-state index contributed by atoms with van der Waals surface area (Å²) in [4.78, 5) is 15.4. The van der Waals surface area contributed by atoms with Gasteiger partial charge in [0.15, 0.2) is 5.17 Å². The van der Waals surface area contributed by atoms with Gasteiger partial charge in [0.05, 0.1) is 11.5 Å². The molecule has 0 bridgehead atoms. The summed E-state index contributed by atoms with van der Waals surface area (Å²) < 4.78 is 0. The average Bonchev–Trinajstić information content (AvgIpc) is 3.21. The van der Waals surface area contributed by atoms with Gasteiger partial charge in [-0.15, -0.1) is 23.0 Å². The summed E-state index contributed by atoms with van der Waals surface area (Å²) in [6, 6.07) is 12.2. The lowest BCUT2D eigenvalue weighted by atomic mass is 10.1. The number of hydrogen-bond donors (Lipinski definition) is 0. The number of thioether (sulfide) groups is 1. The molecule has 1 fully saturated rings. The minimum absolute atomic E-state index is 0.0653. The van der Waals surface area contributed by atoms with Crippen LogP contribution >= 0.6 is 23.1 Å². The molecule has 6 heteroatoms. The maximum absolute atomic E-state index is 12.7. The number of carbonyl (C=O) groups excluding carboxylic acids is 1. The van der Waals surface area contributed by atoms with E-state index in [0.717, 1.165) is 10.4 Å². The molecule has 0 aliphatic carbocycles. The van der Waals surface area contributed by atoms with Crippen LogP contribution in [0.5, 0.6) is 0 Å². The van der Waals surface area contributed by atoms with Crippen molar-refractivity contribution < 1.29 is 4.79 Å². The Morgan fingerprint density at radius 1 is 1.28 bits per heavy atom. The SMILES string of the molecule is C=CCN1C(=O)[C@H](Cc2ccc(C)cc2)S/C1=N\N=C/c1cccs1. The van der Waals surface area contributed by atoms with Crippen molar-refractivity contribution in [2.24, 2.45) is 10.2 Å². The zero-order valence-corrected chi connectivity index (χ0v) is 15.6. The zero-order chi connectivity index (χ0) is 17.6. The van der Waals surface area contributed by atoms with Crippen molar-refractivity contribution in [2.75, 3.05) is 6.54 Å². The first kappa shape index (κ1) is 17.6. The molecule has 0 saturated carbocycles. The van der Waals surface area contributed by atoms with Crippen LogP contribution in [0.2, 0.25) is 0 Å². The molecule has 128 valence electrons. The van der Waals surface area contributed by atoms with Crippen LogP contribution in [0.1, 0.15) is 16.0 Å². The van der Waals surface area contributed by atoms with Crippen molar-refractivity contribution in [3.8, 4) is 0 Å². The smallest absolute Gasteiger partial charge is 0.242 e. The Kier molecular flexibility index (Phi) is 5.83. The average molecular weight is 370 g/mol. The van der Waals surface area contributed by atoms with Crippen LogP contribution < -0.4 is 0 Å². The Morgan fingerprint density at radius 3 is 2.76 bits per heavy atom. The highest BCUT2D eigenvalue weighted by atomic mass is 32.2. The minimum atomic E-state index is -0.168. The van der Waals surface area contributed by atoms with Crippen LogP contribution in [0.3, 0.4) is 0 Å². The van der Waals surface area contributed by atoms with Gasteiger partial charge in [-0.3, -0.25) is 9.69 Å². The van der Waals surface area contributed by atoms with Crippen LogP contribution in [0, 0.1) is 6.92 Å². The number of thiophene rings is 1. The van der Waals surface area contributed by atoms with Crippen LogP contribution in [0.25, 0.3) is 0 Å². The molecule has 0 radical (unpaired) electrons. The van der Waals surface area contributed by atoms with Gasteiger partial charge in [0, 0.05) is 11.4 Å². The molecular weight excluding hydrogens is 350 g/mol. The molecule has 1 amide bonds. The van der Waals surface area contributed by atoms with E-state index in [1.165, 1.54) is 17.3 Å². The van der Waals surface area contributed by atoms with Crippen molar-refractivity contribution in [1.82, 2.24) is 4.90 Å². The van der Waals surface area contributed by atoms with E-state index in [0.29, 0.717) is 18.1 Å². The van der Waals surface area contributed by atoms with Gasteiger partial charge in [-0.1, -0.05) is 53.7 Å². The molecule has 1 saturated heterocycles. The van der Waals surface area contributed by atoms with Gasteiger partial charge in [-0.05, 0) is 30.4 Å². The molecule has 2 aromatic rings. The second-order valence-corrected chi connectivity index (χ2v) is 7.83. The van der Waals surface area contributed by atoms with Crippen LogP contribution in [-0.4, -0.2) is 34.0 Å². The summed E-state index contributed by atoms with van der Waals surface area (Å²) >= 11 is 3.07. The quantitative estimate of drug-likeness (QED) is 0.437. The van der Waals surface area contributed by atoms with Gasteiger partial charge in [0.25, 0.3) is 0 Å². The summed E-state index contributed by atoms with van der Waals surface area (Å²) in [5.74, 6) is 0.0653. The van der Waals surface area contributed by atoms with Gasteiger partial charge in [0.2, 0.25) is 5.91 Å². The monoisotopic (exact) mass is 369 g/mol. The van der Waals surface area contributed by atoms with Crippen LogP contribution in [-0.2, 0) is 11.2 Å². The zero-order valence-electron chi connectivity index (χ0n) is 14.0. The molecular formula is C19H19N3OS2. The lowest BCUT2D eigenvalue weighted by Crippen LogP contribution is -2.32. The number of aryl methyl sites for hydroxylation is 1. The van der Waals surface area contributed by atoms with Crippen molar-refractivity contribution in [3.05, 3.63) is 70.4 Å². The lowest BCUT2D eigenvalue weighted by molar-refractivity contribution is -0.125. The van der Waals surface area contributed by atoms with E-state index < -0.39 is 0 Å². The molecule has 1 aliphatic rings. The van der Waals surface area contributed by atoms with Gasteiger partial charge < -0.3 is 0 Å². The Labute approximate surface area is 156 Å². The molecule has 1 aromatic carbocycles. The number of carbonyl (C=O) groups is 1. The fourth-order valence-electron chi connectivity index (χ4n) is 2.45. The van der Waals surface area contributed by atoms with Gasteiger partial charge in [-0.25, -0.2) is 0 Å². The third-order valence-corrected chi connectivity index (χ3v) is 5.72. The summed E-state index contributed by atoms with van der Waals surface area (Å²) in [6.07, 6.45) is 4.11. The van der Waals surface area contributed by atoms with Gasteiger partial charge in [-0.2, -0.15) is 5.10 Å². The Balaban J connectivity index is 1.74. The Hall–Kier alpha value is -2.18. The number of amides is 1. The second-order valence-electron chi connectivity index (χ2n) is 5.68. The number of hydrogen-bond acceptors (Lipinski definition) is 5. The van der Waals surface area contributed by atoms with Crippen molar-refractivity contribution in [2.45, 2.75) is 18.6 Å². The first-order chi connectivity index (χ1) is 12.2. The second kappa shape index (κ2) is 8.27. The molecule has 0 spiro atoms. The number of nitrogens with zero attached hydrogens (tertiary/aromatic N) is 3. The fraction of sp³-hybridized carbons (Fsp3) is 0.211. The third-order valence-electron chi connectivity index (χ3n) is 3.74. The first-order valence-corrected chi connectivity index (χ1v) is 9.72. The molecule has 0 N–H and O–H groups in total. The van der Waals surface area contributed by atoms with Crippen molar-refractivity contribution in [1.29, 1.82) is 0 Å². The molecule has 1 atom stereocenters. The van der Waals surface area contributed by atoms with E-state index in [1.807, 2.05) is 17.5 Å². The number of rotatable bonds is 6. The number of amidine groups is 1. The Bertz CT molecular complexity index is 795. The van der Waals surface area contributed by atoms with E-state index >= 15 is 0 Å². The summed E-state index contributed by atoms with van der Waals surface area (Å²) in [7, 11) is 0. The first-order valence-electron chi connectivity index (χ1n) is 7.96. The summed E-state index contributed by atoms with van der Waals surface area (Å²) in [5.41, 5.74) is 2.37. The van der Waals surface area contributed by atoms with Crippen LogP contribution in [0.4, 0.5) is 0 Å². The molecule has 0 unspecified atom stereocenters. The lowest BCUT2D eigenvalue weighted by Gasteiger charge is -2.12. The minimum Gasteiger partial charge on any atom is -0.285 e. The van der Waals surface area contributed by atoms with E-state index in [-0.39, 0.29) is 11.2 Å². The predicted octanol–water partition coefficient (Wildman–Crippen LogP) is 4.12. The molecule has 2 heterocycles. The highest BCUT2D eigenvalue weighted by Gasteiger charge is 2.37. The third kappa shape index (κ3) is 4.46. The fourth-order valence-corrected chi connectivity index (χ4v) is 4.17. The van der Waals surface area contributed by atoms with Crippen molar-refractivity contribution >= 4 is 40.4 Å². The van der Waals surface area contributed by atoms with E-state index in [4.69, 9.17) is 0 Å². The number of benzene rings is 1. The van der Waals surface area contributed by atoms with Gasteiger partial charge >= 0.3 is 0 Å². The standard InChI is InChI=1S/C19H19N3OS2/c1-3-10-22-18(23)17(12-15-8-6-14(2)7-9-15)25-19(22)21-20-13-16-5-4-11-24-16/h3-9,11,13,17H,1,10,12H2,2H3/b20-13-,21-19-/t17-/m0/s1. The Morgan fingerprint density at radius 2 is 2.08 bits per heavy atom. The molecule has 3 rings (SSSR count). The predicted molar refractivity (Wildman–Crippen MR) is 108 cm³/mol. The maximum Gasteiger partial charge on any atom is 0.242 e. The van der Waals surface area contributed by atoms with E-state index in [2.05, 4.69) is 48.0 Å². The highest BCUT2D eigenvalue weighted by Crippen LogP contribution is 2.30. The van der Waals surface area contributed by atoms with E-state index in [1.54, 1.807) is 28.5 Å². The highest BCUT2D eigenvalue weighted by molar-refractivity contribution is 8.15. The molecule has 1 aliphatic heterocycles. The largest absolute Gasteiger partial charge is 0.285 e. The normalized spacial score (nSPS) is 19.2. The van der Waals surface area contributed by atoms with Gasteiger partial charge in [0.1, 0.15) is 0 Å². The maximum atomic E-state index is 12.7.